The fraction of sp³-hybridized carbons (Fsp3) is 0.417. The van der Waals surface area contributed by atoms with Gasteiger partial charge in [-0.2, -0.15) is 0 Å². The molecule has 1 N–H and O–H groups in total. The SMILES string of the molecule is CNCCOC(C(=O)OC)c1ccccc1. The van der Waals surface area contributed by atoms with Gasteiger partial charge in [-0.25, -0.2) is 4.79 Å². The maximum absolute atomic E-state index is 11.5. The molecule has 0 saturated carbocycles. The van der Waals surface area contributed by atoms with Crippen LogP contribution in [-0.2, 0) is 14.3 Å². The van der Waals surface area contributed by atoms with Gasteiger partial charge in [0.15, 0.2) is 6.10 Å². The van der Waals surface area contributed by atoms with Gasteiger partial charge in [0, 0.05) is 6.54 Å². The van der Waals surface area contributed by atoms with E-state index in [1.165, 1.54) is 7.11 Å². The van der Waals surface area contributed by atoms with Gasteiger partial charge >= 0.3 is 5.97 Å². The summed E-state index contributed by atoms with van der Waals surface area (Å²) in [6, 6.07) is 9.33. The summed E-state index contributed by atoms with van der Waals surface area (Å²) in [6.45, 7) is 1.16. The van der Waals surface area contributed by atoms with Crippen LogP contribution in [0.25, 0.3) is 0 Å². The molecule has 0 aliphatic rings. The van der Waals surface area contributed by atoms with Crippen molar-refractivity contribution in [3.05, 3.63) is 35.9 Å². The fourth-order valence-electron chi connectivity index (χ4n) is 1.31. The molecule has 0 heterocycles. The number of methoxy groups -OCH3 is 1. The Balaban J connectivity index is 2.68. The van der Waals surface area contributed by atoms with Gasteiger partial charge in [0.1, 0.15) is 0 Å². The summed E-state index contributed by atoms with van der Waals surface area (Å²) in [5.74, 6) is -0.373. The maximum atomic E-state index is 11.5. The van der Waals surface area contributed by atoms with E-state index in [4.69, 9.17) is 9.47 Å². The Morgan fingerprint density at radius 3 is 2.62 bits per heavy atom. The van der Waals surface area contributed by atoms with Gasteiger partial charge in [-0.3, -0.25) is 0 Å². The third-order valence-corrected chi connectivity index (χ3v) is 2.15. The van der Waals surface area contributed by atoms with Gasteiger partial charge in [0.2, 0.25) is 0 Å². The molecule has 0 aliphatic heterocycles. The molecule has 1 rings (SSSR count). The van der Waals surface area contributed by atoms with E-state index in [9.17, 15) is 4.79 Å². The second kappa shape index (κ2) is 6.98. The number of rotatable bonds is 6. The first-order chi connectivity index (χ1) is 7.79. The first kappa shape index (κ1) is 12.7. The van der Waals surface area contributed by atoms with Crippen LogP contribution in [0.4, 0.5) is 0 Å². The highest BCUT2D eigenvalue weighted by Gasteiger charge is 2.21. The summed E-state index contributed by atoms with van der Waals surface area (Å²) >= 11 is 0. The van der Waals surface area contributed by atoms with Crippen molar-refractivity contribution >= 4 is 5.97 Å². The van der Waals surface area contributed by atoms with Gasteiger partial charge in [0.25, 0.3) is 0 Å². The van der Waals surface area contributed by atoms with Gasteiger partial charge in [-0.15, -0.1) is 0 Å². The zero-order chi connectivity index (χ0) is 11.8. The number of esters is 1. The molecule has 0 fully saturated rings. The standard InChI is InChI=1S/C12H17NO3/c1-13-8-9-16-11(12(14)15-2)10-6-4-3-5-7-10/h3-7,11,13H,8-9H2,1-2H3. The van der Waals surface area contributed by atoms with E-state index in [-0.39, 0.29) is 5.97 Å². The number of hydrogen-bond acceptors (Lipinski definition) is 4. The van der Waals surface area contributed by atoms with Crippen molar-refractivity contribution < 1.29 is 14.3 Å². The normalized spacial score (nSPS) is 12.1. The molecule has 1 aromatic rings. The molecule has 0 bridgehead atoms. The van der Waals surface area contributed by atoms with E-state index in [0.29, 0.717) is 13.2 Å². The van der Waals surface area contributed by atoms with Crippen LogP contribution in [0.3, 0.4) is 0 Å². The number of carbonyl (C=O) groups is 1. The van der Waals surface area contributed by atoms with Crippen molar-refractivity contribution in [1.29, 1.82) is 0 Å². The maximum Gasteiger partial charge on any atom is 0.339 e. The Labute approximate surface area is 95.6 Å². The topological polar surface area (TPSA) is 47.6 Å². The molecule has 1 aromatic carbocycles. The molecule has 1 atom stereocenters. The van der Waals surface area contributed by atoms with Crippen LogP contribution in [0, 0.1) is 0 Å². The number of carbonyl (C=O) groups excluding carboxylic acids is 1. The Morgan fingerprint density at radius 2 is 2.06 bits per heavy atom. The largest absolute Gasteiger partial charge is 0.467 e. The number of likely N-dealkylation sites (N-methyl/N-ethyl adjacent to an activating group) is 1. The highest BCUT2D eigenvalue weighted by Crippen LogP contribution is 2.18. The molecule has 88 valence electrons. The molecule has 0 saturated heterocycles. The third kappa shape index (κ3) is 3.64. The van der Waals surface area contributed by atoms with Gasteiger partial charge in [-0.05, 0) is 12.6 Å². The molecule has 0 radical (unpaired) electrons. The quantitative estimate of drug-likeness (QED) is 0.580. The third-order valence-electron chi connectivity index (χ3n) is 2.15. The predicted octanol–water partition coefficient (Wildman–Crippen LogP) is 1.14. The van der Waals surface area contributed by atoms with Crippen molar-refractivity contribution in [2.24, 2.45) is 0 Å². The summed E-state index contributed by atoms with van der Waals surface area (Å²) in [6.07, 6.45) is -0.639. The molecule has 0 aromatic heterocycles. The molecular formula is C12H17NO3. The zero-order valence-corrected chi connectivity index (χ0v) is 9.60. The lowest BCUT2D eigenvalue weighted by Gasteiger charge is -2.15. The molecule has 16 heavy (non-hydrogen) atoms. The highest BCUT2D eigenvalue weighted by molar-refractivity contribution is 5.76. The number of benzene rings is 1. The van der Waals surface area contributed by atoms with Crippen molar-refractivity contribution in [3.8, 4) is 0 Å². The van der Waals surface area contributed by atoms with Gasteiger partial charge in [-0.1, -0.05) is 30.3 Å². The fourth-order valence-corrected chi connectivity index (χ4v) is 1.31. The van der Waals surface area contributed by atoms with Crippen molar-refractivity contribution in [2.45, 2.75) is 6.10 Å². The molecule has 0 spiro atoms. The van der Waals surface area contributed by atoms with E-state index in [1.807, 2.05) is 37.4 Å². The second-order valence-electron chi connectivity index (χ2n) is 3.29. The Bertz CT molecular complexity index is 313. The second-order valence-corrected chi connectivity index (χ2v) is 3.29. The summed E-state index contributed by atoms with van der Waals surface area (Å²) in [7, 11) is 3.19. The van der Waals surface area contributed by atoms with Crippen molar-refractivity contribution in [2.75, 3.05) is 27.3 Å². The summed E-state index contributed by atoms with van der Waals surface area (Å²) in [5, 5.41) is 2.95. The first-order valence-corrected chi connectivity index (χ1v) is 5.18. The minimum Gasteiger partial charge on any atom is -0.467 e. The lowest BCUT2D eigenvalue weighted by atomic mass is 10.1. The Hall–Kier alpha value is -1.39. The molecule has 4 heteroatoms. The zero-order valence-electron chi connectivity index (χ0n) is 9.60. The molecule has 0 aliphatic carbocycles. The summed E-state index contributed by atoms with van der Waals surface area (Å²) in [5.41, 5.74) is 0.811. The van der Waals surface area contributed by atoms with Crippen LogP contribution in [0.1, 0.15) is 11.7 Å². The summed E-state index contributed by atoms with van der Waals surface area (Å²) < 4.78 is 10.2. The van der Waals surface area contributed by atoms with Crippen LogP contribution in [-0.4, -0.2) is 33.3 Å². The monoisotopic (exact) mass is 223 g/mol. The molecule has 0 amide bonds. The van der Waals surface area contributed by atoms with Crippen LogP contribution >= 0.6 is 0 Å². The van der Waals surface area contributed by atoms with Crippen LogP contribution in [0.2, 0.25) is 0 Å². The predicted molar refractivity (Wildman–Crippen MR) is 61.1 cm³/mol. The van der Waals surface area contributed by atoms with E-state index in [0.717, 1.165) is 5.56 Å². The first-order valence-electron chi connectivity index (χ1n) is 5.18. The van der Waals surface area contributed by atoms with Gasteiger partial charge in [0.05, 0.1) is 13.7 Å². The Kier molecular flexibility index (Phi) is 5.53. The average molecular weight is 223 g/mol. The molecule has 4 nitrogen and oxygen atoms in total. The Morgan fingerprint density at radius 1 is 1.38 bits per heavy atom. The lowest BCUT2D eigenvalue weighted by molar-refractivity contribution is -0.154. The van der Waals surface area contributed by atoms with Crippen molar-refractivity contribution in [1.82, 2.24) is 5.32 Å². The minimum absolute atomic E-state index is 0.373. The molecule has 1 unspecified atom stereocenters. The lowest BCUT2D eigenvalue weighted by Crippen LogP contribution is -2.22. The van der Waals surface area contributed by atoms with E-state index in [1.54, 1.807) is 0 Å². The number of hydrogen-bond donors (Lipinski definition) is 1. The minimum atomic E-state index is -0.639. The van der Waals surface area contributed by atoms with E-state index in [2.05, 4.69) is 5.32 Å². The number of nitrogens with one attached hydrogen (secondary N) is 1. The highest BCUT2D eigenvalue weighted by atomic mass is 16.6. The molecular weight excluding hydrogens is 206 g/mol. The average Bonchev–Trinajstić information content (AvgIpc) is 2.35. The smallest absolute Gasteiger partial charge is 0.339 e. The van der Waals surface area contributed by atoms with Crippen LogP contribution < -0.4 is 5.32 Å². The summed E-state index contributed by atoms with van der Waals surface area (Å²) in [4.78, 5) is 11.5. The van der Waals surface area contributed by atoms with Crippen molar-refractivity contribution in [3.63, 3.8) is 0 Å². The van der Waals surface area contributed by atoms with Crippen LogP contribution in [0.5, 0.6) is 0 Å². The van der Waals surface area contributed by atoms with E-state index >= 15 is 0 Å². The van der Waals surface area contributed by atoms with Crippen LogP contribution in [0.15, 0.2) is 30.3 Å². The number of ether oxygens (including phenoxy) is 2. The van der Waals surface area contributed by atoms with E-state index < -0.39 is 6.10 Å². The van der Waals surface area contributed by atoms with Gasteiger partial charge < -0.3 is 14.8 Å².